The Bertz CT molecular complexity index is 260. The lowest BCUT2D eigenvalue weighted by Gasteiger charge is -2.46. The van der Waals surface area contributed by atoms with Gasteiger partial charge in [0, 0.05) is 31.7 Å². The smallest absolute Gasteiger partial charge is 0.0224 e. The first-order chi connectivity index (χ1) is 7.90. The number of piperazine rings is 1. The number of hydrogen-bond acceptors (Lipinski definition) is 2. The first-order valence-corrected chi connectivity index (χ1v) is 7.38. The second-order valence-corrected chi connectivity index (χ2v) is 7.21. The molecule has 2 fully saturated rings. The van der Waals surface area contributed by atoms with Crippen molar-refractivity contribution in [1.82, 2.24) is 9.80 Å². The lowest BCUT2D eigenvalue weighted by molar-refractivity contribution is 0.0224. The first-order valence-electron chi connectivity index (χ1n) is 7.38. The summed E-state index contributed by atoms with van der Waals surface area (Å²) in [4.78, 5) is 5.45. The molecule has 2 nitrogen and oxygen atoms in total. The van der Waals surface area contributed by atoms with Gasteiger partial charge in [-0.1, -0.05) is 27.7 Å². The van der Waals surface area contributed by atoms with Crippen molar-refractivity contribution in [2.75, 3.05) is 26.2 Å². The number of rotatable bonds is 3. The van der Waals surface area contributed by atoms with Gasteiger partial charge in [0.1, 0.15) is 0 Å². The van der Waals surface area contributed by atoms with E-state index in [1.54, 1.807) is 0 Å². The minimum atomic E-state index is 0.440. The highest BCUT2D eigenvalue weighted by atomic mass is 15.3. The maximum Gasteiger partial charge on any atom is 0.0224 e. The van der Waals surface area contributed by atoms with Gasteiger partial charge in [-0.2, -0.15) is 0 Å². The Morgan fingerprint density at radius 3 is 2.59 bits per heavy atom. The molecule has 2 atom stereocenters. The summed E-state index contributed by atoms with van der Waals surface area (Å²) in [7, 11) is 0. The van der Waals surface area contributed by atoms with E-state index < -0.39 is 0 Å². The fraction of sp³-hybridized carbons (Fsp3) is 1.00. The summed E-state index contributed by atoms with van der Waals surface area (Å²) in [5.41, 5.74) is 0.440. The second kappa shape index (κ2) is 4.89. The van der Waals surface area contributed by atoms with Crippen molar-refractivity contribution in [3.05, 3.63) is 0 Å². The molecule has 0 aromatic carbocycles. The molecule has 0 bridgehead atoms. The van der Waals surface area contributed by atoms with E-state index in [2.05, 4.69) is 44.4 Å². The van der Waals surface area contributed by atoms with Gasteiger partial charge in [0.25, 0.3) is 0 Å². The van der Waals surface area contributed by atoms with Crippen LogP contribution >= 0.6 is 0 Å². The Labute approximate surface area is 107 Å². The predicted molar refractivity (Wildman–Crippen MR) is 74.2 cm³/mol. The molecule has 0 saturated carbocycles. The normalized spacial score (nSPS) is 32.1. The van der Waals surface area contributed by atoms with Crippen LogP contribution in [-0.2, 0) is 0 Å². The first kappa shape index (κ1) is 13.4. The fourth-order valence-corrected chi connectivity index (χ4v) is 3.17. The summed E-state index contributed by atoms with van der Waals surface area (Å²) in [6, 6.07) is 1.59. The van der Waals surface area contributed by atoms with Gasteiger partial charge >= 0.3 is 0 Å². The highest BCUT2D eigenvalue weighted by molar-refractivity contribution is 4.92. The third-order valence-corrected chi connectivity index (χ3v) is 5.24. The monoisotopic (exact) mass is 238 g/mol. The molecule has 0 spiro atoms. The van der Waals surface area contributed by atoms with E-state index >= 15 is 0 Å². The lowest BCUT2D eigenvalue weighted by Crippen LogP contribution is -2.57. The maximum absolute atomic E-state index is 2.74. The minimum Gasteiger partial charge on any atom is -0.298 e. The zero-order chi connectivity index (χ0) is 12.6. The van der Waals surface area contributed by atoms with Crippen molar-refractivity contribution in [3.63, 3.8) is 0 Å². The van der Waals surface area contributed by atoms with E-state index in [1.165, 1.54) is 39.0 Å². The maximum atomic E-state index is 2.74. The Morgan fingerprint density at radius 1 is 1.24 bits per heavy atom. The van der Waals surface area contributed by atoms with E-state index in [9.17, 15) is 0 Å². The molecule has 2 heteroatoms. The topological polar surface area (TPSA) is 6.48 Å². The van der Waals surface area contributed by atoms with E-state index in [1.807, 2.05) is 0 Å². The van der Waals surface area contributed by atoms with Crippen LogP contribution in [0.4, 0.5) is 0 Å². The Kier molecular flexibility index (Phi) is 3.84. The van der Waals surface area contributed by atoms with Crippen LogP contribution in [0.1, 0.15) is 47.5 Å². The summed E-state index contributed by atoms with van der Waals surface area (Å²) >= 11 is 0. The zero-order valence-corrected chi connectivity index (χ0v) is 12.4. The standard InChI is InChI=1S/C15H30N2/c1-12(2)15(4,5)11-17-10-14-7-6-8-16(14)9-13(17)3/h12-14H,6-11H2,1-5H3. The summed E-state index contributed by atoms with van der Waals surface area (Å²) in [6.45, 7) is 17.2. The van der Waals surface area contributed by atoms with Gasteiger partial charge in [-0.25, -0.2) is 0 Å². The van der Waals surface area contributed by atoms with Crippen LogP contribution in [0.3, 0.4) is 0 Å². The molecule has 0 aliphatic carbocycles. The highest BCUT2D eigenvalue weighted by Gasteiger charge is 2.36. The zero-order valence-electron chi connectivity index (χ0n) is 12.4. The van der Waals surface area contributed by atoms with E-state index in [4.69, 9.17) is 0 Å². The van der Waals surface area contributed by atoms with Gasteiger partial charge in [-0.05, 0) is 37.6 Å². The molecule has 2 saturated heterocycles. The summed E-state index contributed by atoms with van der Waals surface area (Å²) < 4.78 is 0. The molecule has 0 amide bonds. The average Bonchev–Trinajstić information content (AvgIpc) is 2.64. The van der Waals surface area contributed by atoms with Crippen LogP contribution in [0, 0.1) is 11.3 Å². The third kappa shape index (κ3) is 2.85. The second-order valence-electron chi connectivity index (χ2n) is 7.21. The molecule has 2 heterocycles. The van der Waals surface area contributed by atoms with Crippen molar-refractivity contribution in [2.24, 2.45) is 11.3 Å². The van der Waals surface area contributed by atoms with Gasteiger partial charge < -0.3 is 0 Å². The largest absolute Gasteiger partial charge is 0.298 e. The van der Waals surface area contributed by atoms with Crippen LogP contribution in [0.2, 0.25) is 0 Å². The van der Waals surface area contributed by atoms with Gasteiger partial charge in [0.2, 0.25) is 0 Å². The number of fused-ring (bicyclic) bond motifs is 1. The molecule has 2 aliphatic heterocycles. The Morgan fingerprint density at radius 2 is 1.94 bits per heavy atom. The summed E-state index contributed by atoms with van der Waals surface area (Å²) in [6.07, 6.45) is 2.84. The SMILES string of the molecule is CC1CN2CCCC2CN1CC(C)(C)C(C)C. The van der Waals surface area contributed by atoms with Gasteiger partial charge in [-0.3, -0.25) is 9.80 Å². The van der Waals surface area contributed by atoms with Crippen molar-refractivity contribution in [1.29, 1.82) is 0 Å². The van der Waals surface area contributed by atoms with Crippen molar-refractivity contribution in [3.8, 4) is 0 Å². The summed E-state index contributed by atoms with van der Waals surface area (Å²) in [5, 5.41) is 0. The molecule has 2 rings (SSSR count). The number of nitrogens with zero attached hydrogens (tertiary/aromatic N) is 2. The van der Waals surface area contributed by atoms with Gasteiger partial charge in [-0.15, -0.1) is 0 Å². The van der Waals surface area contributed by atoms with Crippen LogP contribution < -0.4 is 0 Å². The van der Waals surface area contributed by atoms with E-state index in [-0.39, 0.29) is 0 Å². The highest BCUT2D eigenvalue weighted by Crippen LogP contribution is 2.31. The predicted octanol–water partition coefficient (Wildman–Crippen LogP) is 2.84. The Balaban J connectivity index is 1.97. The lowest BCUT2D eigenvalue weighted by atomic mass is 9.80. The fourth-order valence-electron chi connectivity index (χ4n) is 3.17. The van der Waals surface area contributed by atoms with Crippen LogP contribution in [0.5, 0.6) is 0 Å². The molecular formula is C15H30N2. The minimum absolute atomic E-state index is 0.440. The van der Waals surface area contributed by atoms with Gasteiger partial charge in [0.15, 0.2) is 0 Å². The molecule has 2 aliphatic rings. The number of hydrogen-bond donors (Lipinski definition) is 0. The van der Waals surface area contributed by atoms with Crippen LogP contribution in [0.15, 0.2) is 0 Å². The molecule has 17 heavy (non-hydrogen) atoms. The quantitative estimate of drug-likeness (QED) is 0.746. The van der Waals surface area contributed by atoms with E-state index in [0.29, 0.717) is 5.41 Å². The molecule has 100 valence electrons. The molecular weight excluding hydrogens is 208 g/mol. The molecule has 0 N–H and O–H groups in total. The van der Waals surface area contributed by atoms with Gasteiger partial charge in [0.05, 0.1) is 0 Å². The van der Waals surface area contributed by atoms with E-state index in [0.717, 1.165) is 18.0 Å². The van der Waals surface area contributed by atoms with Crippen LogP contribution in [-0.4, -0.2) is 48.1 Å². The molecule has 0 aromatic rings. The Hall–Kier alpha value is -0.0800. The average molecular weight is 238 g/mol. The molecule has 2 unspecified atom stereocenters. The molecule has 0 radical (unpaired) electrons. The third-order valence-electron chi connectivity index (χ3n) is 5.24. The summed E-state index contributed by atoms with van der Waals surface area (Å²) in [5.74, 6) is 0.760. The molecule has 0 aromatic heterocycles. The van der Waals surface area contributed by atoms with Crippen molar-refractivity contribution in [2.45, 2.75) is 59.5 Å². The van der Waals surface area contributed by atoms with Crippen molar-refractivity contribution >= 4 is 0 Å². The van der Waals surface area contributed by atoms with Crippen LogP contribution in [0.25, 0.3) is 0 Å². The van der Waals surface area contributed by atoms with Crippen molar-refractivity contribution < 1.29 is 0 Å².